The smallest absolute Gasteiger partial charge is 0.254 e. The number of hydrogen-bond acceptors (Lipinski definition) is 3. The Morgan fingerprint density at radius 1 is 1.00 bits per heavy atom. The van der Waals surface area contributed by atoms with Crippen LogP contribution in [0.2, 0.25) is 0 Å². The van der Waals surface area contributed by atoms with Crippen LogP contribution in [0.3, 0.4) is 0 Å². The van der Waals surface area contributed by atoms with Gasteiger partial charge in [-0.15, -0.1) is 0 Å². The van der Waals surface area contributed by atoms with E-state index in [9.17, 15) is 13.2 Å². The van der Waals surface area contributed by atoms with Gasteiger partial charge in [0.2, 0.25) is 10.0 Å². The van der Waals surface area contributed by atoms with Crippen molar-refractivity contribution in [2.75, 3.05) is 0 Å². The molecule has 26 heavy (non-hydrogen) atoms. The van der Waals surface area contributed by atoms with Gasteiger partial charge in [0.05, 0.1) is 4.90 Å². The summed E-state index contributed by atoms with van der Waals surface area (Å²) in [7, 11) is -3.54. The molecular formula is C20H28N2O3S. The summed E-state index contributed by atoms with van der Waals surface area (Å²) in [5, 5.41) is 0. The van der Waals surface area contributed by atoms with Gasteiger partial charge >= 0.3 is 0 Å². The lowest BCUT2D eigenvalue weighted by Gasteiger charge is -2.36. The molecule has 0 unspecified atom stereocenters. The number of benzene rings is 1. The van der Waals surface area contributed by atoms with Gasteiger partial charge in [-0.1, -0.05) is 13.0 Å². The zero-order valence-corrected chi connectivity index (χ0v) is 16.2. The Morgan fingerprint density at radius 3 is 2.19 bits per heavy atom. The highest BCUT2D eigenvalue weighted by molar-refractivity contribution is 7.89. The van der Waals surface area contributed by atoms with E-state index in [4.69, 9.17) is 0 Å². The maximum Gasteiger partial charge on any atom is 0.254 e. The Labute approximate surface area is 156 Å². The normalized spacial score (nSPS) is 26.5. The molecule has 3 saturated carbocycles. The van der Waals surface area contributed by atoms with Gasteiger partial charge in [-0.3, -0.25) is 4.79 Å². The number of carbonyl (C=O) groups excluding carboxylic acids is 1. The molecule has 0 radical (unpaired) electrons. The number of nitrogens with one attached hydrogen (secondary N) is 1. The van der Waals surface area contributed by atoms with Crippen molar-refractivity contribution >= 4 is 15.9 Å². The van der Waals surface area contributed by atoms with Gasteiger partial charge in [0, 0.05) is 23.7 Å². The van der Waals surface area contributed by atoms with Crippen molar-refractivity contribution in [1.82, 2.24) is 9.62 Å². The van der Waals surface area contributed by atoms with E-state index in [0.29, 0.717) is 17.6 Å². The Hall–Kier alpha value is -1.40. The molecule has 0 atom stereocenters. The first kappa shape index (κ1) is 18.0. The van der Waals surface area contributed by atoms with Crippen LogP contribution in [-0.2, 0) is 10.0 Å². The number of sulfonamides is 1. The predicted molar refractivity (Wildman–Crippen MR) is 100 cm³/mol. The van der Waals surface area contributed by atoms with E-state index in [-0.39, 0.29) is 16.8 Å². The van der Waals surface area contributed by atoms with Gasteiger partial charge in [0.1, 0.15) is 0 Å². The van der Waals surface area contributed by atoms with Crippen molar-refractivity contribution in [2.45, 2.75) is 81.3 Å². The second-order valence-corrected chi connectivity index (χ2v) is 9.99. The molecule has 1 aromatic rings. The van der Waals surface area contributed by atoms with E-state index >= 15 is 0 Å². The summed E-state index contributed by atoms with van der Waals surface area (Å²) in [5.74, 6) is 0.736. The van der Waals surface area contributed by atoms with Crippen LogP contribution < -0.4 is 4.72 Å². The molecule has 3 fully saturated rings. The second-order valence-electron chi connectivity index (χ2n) is 8.28. The number of amides is 1. The van der Waals surface area contributed by atoms with Crippen LogP contribution in [0.5, 0.6) is 0 Å². The summed E-state index contributed by atoms with van der Waals surface area (Å²) >= 11 is 0. The van der Waals surface area contributed by atoms with E-state index in [1.165, 1.54) is 12.8 Å². The van der Waals surface area contributed by atoms with Gasteiger partial charge in [0.15, 0.2) is 0 Å². The lowest BCUT2D eigenvalue weighted by atomic mass is 9.86. The van der Waals surface area contributed by atoms with Gasteiger partial charge < -0.3 is 4.90 Å². The summed E-state index contributed by atoms with van der Waals surface area (Å²) < 4.78 is 27.6. The molecule has 0 aromatic heterocycles. The molecule has 3 aliphatic rings. The summed E-state index contributed by atoms with van der Waals surface area (Å²) in [6, 6.07) is 7.26. The number of hydrogen-bond donors (Lipinski definition) is 1. The fraction of sp³-hybridized carbons (Fsp3) is 0.650. The lowest BCUT2D eigenvalue weighted by molar-refractivity contribution is 0.0593. The van der Waals surface area contributed by atoms with Crippen LogP contribution in [0, 0.1) is 5.92 Å². The van der Waals surface area contributed by atoms with Gasteiger partial charge in [0.25, 0.3) is 5.91 Å². The zero-order chi connectivity index (χ0) is 18.3. The first-order chi connectivity index (χ1) is 12.4. The minimum atomic E-state index is -3.54. The highest BCUT2D eigenvalue weighted by Gasteiger charge is 2.39. The van der Waals surface area contributed by atoms with Crippen LogP contribution in [0.15, 0.2) is 29.2 Å². The van der Waals surface area contributed by atoms with Crippen molar-refractivity contribution in [3.8, 4) is 0 Å². The molecule has 5 nitrogen and oxygen atoms in total. The SMILES string of the molecule is CC1CCC(N(C(=O)c2cccc(S(=O)(=O)NC3CC3)c2)C2CC2)CC1. The maximum atomic E-state index is 13.2. The van der Waals surface area contributed by atoms with Crippen molar-refractivity contribution in [3.05, 3.63) is 29.8 Å². The average Bonchev–Trinajstić information content (AvgIpc) is 3.53. The molecule has 1 N–H and O–H groups in total. The fourth-order valence-corrected chi connectivity index (χ4v) is 5.29. The van der Waals surface area contributed by atoms with Crippen LogP contribution in [0.25, 0.3) is 0 Å². The molecular weight excluding hydrogens is 348 g/mol. The summed E-state index contributed by atoms with van der Waals surface area (Å²) in [6.07, 6.45) is 8.38. The number of carbonyl (C=O) groups is 1. The van der Waals surface area contributed by atoms with E-state index < -0.39 is 10.0 Å². The first-order valence-electron chi connectivity index (χ1n) is 9.89. The number of rotatable bonds is 6. The van der Waals surface area contributed by atoms with Gasteiger partial charge in [-0.05, 0) is 75.5 Å². The Kier molecular flexibility index (Phi) is 4.82. The third-order valence-electron chi connectivity index (χ3n) is 5.84. The van der Waals surface area contributed by atoms with E-state index in [0.717, 1.165) is 44.4 Å². The summed E-state index contributed by atoms with van der Waals surface area (Å²) in [5.41, 5.74) is 0.495. The van der Waals surface area contributed by atoms with E-state index in [1.807, 2.05) is 0 Å². The second kappa shape index (κ2) is 6.97. The summed E-state index contributed by atoms with van der Waals surface area (Å²) in [4.78, 5) is 15.5. The van der Waals surface area contributed by atoms with Crippen molar-refractivity contribution in [2.24, 2.45) is 5.92 Å². The largest absolute Gasteiger partial charge is 0.333 e. The highest BCUT2D eigenvalue weighted by atomic mass is 32.2. The quantitative estimate of drug-likeness (QED) is 0.828. The van der Waals surface area contributed by atoms with Crippen LogP contribution in [0.4, 0.5) is 0 Å². The molecule has 3 aliphatic carbocycles. The van der Waals surface area contributed by atoms with Crippen LogP contribution in [0.1, 0.15) is 68.6 Å². The molecule has 4 rings (SSSR count). The highest BCUT2D eigenvalue weighted by Crippen LogP contribution is 2.36. The van der Waals surface area contributed by atoms with Gasteiger partial charge in [-0.25, -0.2) is 13.1 Å². The summed E-state index contributed by atoms with van der Waals surface area (Å²) in [6.45, 7) is 2.28. The molecule has 0 spiro atoms. The fourth-order valence-electron chi connectivity index (χ4n) is 3.94. The minimum Gasteiger partial charge on any atom is -0.333 e. The van der Waals surface area contributed by atoms with Crippen molar-refractivity contribution < 1.29 is 13.2 Å². The first-order valence-corrected chi connectivity index (χ1v) is 11.4. The third-order valence-corrected chi connectivity index (χ3v) is 7.36. The predicted octanol–water partition coefficient (Wildman–Crippen LogP) is 3.31. The molecule has 1 amide bonds. The molecule has 6 heteroatoms. The molecule has 0 aliphatic heterocycles. The standard InChI is InChI=1S/C20H28N2O3S/c1-14-5-9-17(10-6-14)22(18-11-12-18)20(23)15-3-2-4-19(13-15)26(24,25)21-16-7-8-16/h2-4,13-14,16-18,21H,5-12H2,1H3. The average molecular weight is 377 g/mol. The van der Waals surface area contributed by atoms with Crippen molar-refractivity contribution in [1.29, 1.82) is 0 Å². The topological polar surface area (TPSA) is 66.5 Å². The van der Waals surface area contributed by atoms with E-state index in [1.54, 1.807) is 24.3 Å². The number of nitrogens with zero attached hydrogens (tertiary/aromatic N) is 1. The van der Waals surface area contributed by atoms with Crippen LogP contribution >= 0.6 is 0 Å². The molecule has 142 valence electrons. The molecule has 1 aromatic carbocycles. The Balaban J connectivity index is 1.55. The molecule has 0 heterocycles. The van der Waals surface area contributed by atoms with Crippen molar-refractivity contribution in [3.63, 3.8) is 0 Å². The monoisotopic (exact) mass is 376 g/mol. The Bertz CT molecular complexity index is 776. The maximum absolute atomic E-state index is 13.2. The Morgan fingerprint density at radius 2 is 1.62 bits per heavy atom. The molecule has 0 bridgehead atoms. The third kappa shape index (κ3) is 3.96. The van der Waals surface area contributed by atoms with Gasteiger partial charge in [-0.2, -0.15) is 0 Å². The van der Waals surface area contributed by atoms with E-state index in [2.05, 4.69) is 16.5 Å². The zero-order valence-electron chi connectivity index (χ0n) is 15.4. The van der Waals surface area contributed by atoms with Crippen LogP contribution in [-0.4, -0.2) is 37.4 Å². The lowest BCUT2D eigenvalue weighted by Crippen LogP contribution is -2.43. The minimum absolute atomic E-state index is 0.00414. The molecule has 0 saturated heterocycles.